The Morgan fingerprint density at radius 1 is 0.917 bits per heavy atom. The van der Waals surface area contributed by atoms with Crippen molar-refractivity contribution in [2.45, 2.75) is 128 Å². The van der Waals surface area contributed by atoms with Gasteiger partial charge in [-0.2, -0.15) is 0 Å². The van der Waals surface area contributed by atoms with E-state index in [4.69, 9.17) is 33.2 Å². The average molecular weight is 838 g/mol. The van der Waals surface area contributed by atoms with Crippen LogP contribution in [0.15, 0.2) is 60.7 Å². The van der Waals surface area contributed by atoms with Gasteiger partial charge in [0.2, 0.25) is 0 Å². The van der Waals surface area contributed by atoms with E-state index in [1.165, 1.54) is 14.0 Å². The standard InChI is InChI=1S/C45H63N3O12/c1-11-34-45(7)37(47-43(53)60-45)29(5)46-24-26(2)23-44(6,54-10)38(27(3)35(49)28(4)39(50)57-34)59-42-36(58-41(52)31-20-16-13-17-21-31)33(48(8)9)22-32(56-42)25-55-40(51)30-18-14-12-15-19-30/h12-21,26-29,32-34,36-38,42,46H,11,22-25H2,1-10H3,(H,47,53)/t26-,27+,28?,29-,32?,33?,34-,36?,37-,38-,42?,44-,45-/m1/s1. The average Bonchev–Trinajstić information content (AvgIpc) is 3.56. The molecule has 3 aliphatic heterocycles. The van der Waals surface area contributed by atoms with E-state index in [1.54, 1.807) is 74.5 Å². The van der Waals surface area contributed by atoms with Gasteiger partial charge in [0, 0.05) is 19.1 Å². The zero-order chi connectivity index (χ0) is 43.9. The highest BCUT2D eigenvalue weighted by atomic mass is 16.7. The molecule has 0 spiro atoms. The third kappa shape index (κ3) is 10.5. The Labute approximate surface area is 353 Å². The predicted molar refractivity (Wildman–Crippen MR) is 220 cm³/mol. The number of nitrogens with zero attached hydrogens (tertiary/aromatic N) is 1. The van der Waals surface area contributed by atoms with Crippen molar-refractivity contribution in [3.63, 3.8) is 0 Å². The summed E-state index contributed by atoms with van der Waals surface area (Å²) >= 11 is 0. The molecule has 60 heavy (non-hydrogen) atoms. The number of hydrogen-bond acceptors (Lipinski definition) is 14. The topological polar surface area (TPSA) is 177 Å². The van der Waals surface area contributed by atoms with Crippen molar-refractivity contribution >= 4 is 29.8 Å². The number of carbonyl (C=O) groups excluding carboxylic acids is 5. The van der Waals surface area contributed by atoms with Gasteiger partial charge in [-0.05, 0) is 97.8 Å². The van der Waals surface area contributed by atoms with E-state index in [9.17, 15) is 24.0 Å². The van der Waals surface area contributed by atoms with Crippen LogP contribution in [0.5, 0.6) is 0 Å². The number of esters is 3. The van der Waals surface area contributed by atoms with Crippen LogP contribution in [0.3, 0.4) is 0 Å². The van der Waals surface area contributed by atoms with E-state index in [2.05, 4.69) is 10.6 Å². The Kier molecular flexibility index (Phi) is 15.5. The highest BCUT2D eigenvalue weighted by Crippen LogP contribution is 2.38. The van der Waals surface area contributed by atoms with Crippen LogP contribution in [0.2, 0.25) is 0 Å². The third-order valence-corrected chi connectivity index (χ3v) is 12.4. The lowest BCUT2D eigenvalue weighted by molar-refractivity contribution is -0.299. The predicted octanol–water partition coefficient (Wildman–Crippen LogP) is 4.95. The van der Waals surface area contributed by atoms with Crippen LogP contribution in [-0.2, 0) is 42.7 Å². The van der Waals surface area contributed by atoms with Gasteiger partial charge >= 0.3 is 24.0 Å². The second-order valence-electron chi connectivity index (χ2n) is 17.1. The molecule has 1 amide bonds. The Hall–Kier alpha value is -4.41. The van der Waals surface area contributed by atoms with Crippen LogP contribution in [0.4, 0.5) is 4.79 Å². The summed E-state index contributed by atoms with van der Waals surface area (Å²) in [7, 11) is 5.22. The van der Waals surface area contributed by atoms with E-state index in [0.29, 0.717) is 36.9 Å². The van der Waals surface area contributed by atoms with Gasteiger partial charge in [0.1, 0.15) is 18.6 Å². The van der Waals surface area contributed by atoms with E-state index in [0.717, 1.165) is 0 Å². The minimum atomic E-state index is -1.30. The number of ketones is 1. The highest BCUT2D eigenvalue weighted by Gasteiger charge is 2.55. The van der Waals surface area contributed by atoms with Crippen LogP contribution in [0.25, 0.3) is 0 Å². The van der Waals surface area contributed by atoms with E-state index >= 15 is 0 Å². The third-order valence-electron chi connectivity index (χ3n) is 12.4. The number of carbonyl (C=O) groups is 5. The molecule has 5 rings (SSSR count). The summed E-state index contributed by atoms with van der Waals surface area (Å²) in [5.41, 5.74) is -1.71. The molecule has 3 saturated heterocycles. The summed E-state index contributed by atoms with van der Waals surface area (Å²) in [6, 6.07) is 15.8. The van der Waals surface area contributed by atoms with Crippen molar-refractivity contribution < 1.29 is 57.1 Å². The minimum absolute atomic E-state index is 0.0869. The first-order valence-corrected chi connectivity index (χ1v) is 20.9. The maximum Gasteiger partial charge on any atom is 0.408 e. The van der Waals surface area contributed by atoms with Crippen molar-refractivity contribution in [3.05, 3.63) is 71.8 Å². The number of likely N-dealkylation sites (N-methyl/N-ethyl adjacent to an activating group) is 1. The lowest BCUT2D eigenvalue weighted by Gasteiger charge is -2.47. The first kappa shape index (κ1) is 46.7. The van der Waals surface area contributed by atoms with Crippen molar-refractivity contribution in [1.29, 1.82) is 0 Å². The van der Waals surface area contributed by atoms with Crippen LogP contribution >= 0.6 is 0 Å². The van der Waals surface area contributed by atoms with Gasteiger partial charge in [0.15, 0.2) is 23.8 Å². The van der Waals surface area contributed by atoms with E-state index in [1.807, 2.05) is 46.7 Å². The largest absolute Gasteiger partial charge is 0.459 e. The summed E-state index contributed by atoms with van der Waals surface area (Å²) in [6.07, 6.45) is -4.61. The molecule has 15 heteroatoms. The van der Waals surface area contributed by atoms with Gasteiger partial charge in [-0.3, -0.25) is 9.59 Å². The first-order valence-electron chi connectivity index (χ1n) is 20.9. The number of amides is 1. The zero-order valence-electron chi connectivity index (χ0n) is 36.5. The van der Waals surface area contributed by atoms with Gasteiger partial charge in [-0.15, -0.1) is 0 Å². The fourth-order valence-corrected chi connectivity index (χ4v) is 8.83. The first-order chi connectivity index (χ1) is 28.4. The maximum absolute atomic E-state index is 14.6. The number of alkyl carbamates (subject to hydrolysis) is 1. The summed E-state index contributed by atoms with van der Waals surface area (Å²) in [5, 5.41) is 6.44. The number of cyclic esters (lactones) is 1. The number of hydrogen-bond donors (Lipinski definition) is 2. The summed E-state index contributed by atoms with van der Waals surface area (Å²) < 4.78 is 43.7. The fraction of sp³-hybridized carbons (Fsp3) is 0.622. The normalized spacial score (nSPS) is 35.5. The van der Waals surface area contributed by atoms with Crippen LogP contribution in [0, 0.1) is 17.8 Å². The minimum Gasteiger partial charge on any atom is -0.459 e. The molecule has 3 heterocycles. The van der Waals surface area contributed by atoms with Gasteiger partial charge in [0.25, 0.3) is 0 Å². The van der Waals surface area contributed by atoms with E-state index in [-0.39, 0.29) is 18.6 Å². The van der Waals surface area contributed by atoms with Crippen molar-refractivity contribution in [2.24, 2.45) is 17.8 Å². The summed E-state index contributed by atoms with van der Waals surface area (Å²) in [4.78, 5) is 69.8. The SMILES string of the molecule is CC[C@H]1OC(=O)C(C)C(=O)[C@H](C)[C@@H](OC2OC(COC(=O)c3ccccc3)CC(N(C)C)C2OC(=O)c2ccccc2)[C@](C)(OC)C[C@@H](C)CN[C@H](C)[C@H]2NC(=O)O[C@@]21C. The molecule has 3 aliphatic rings. The smallest absolute Gasteiger partial charge is 0.408 e. The van der Waals surface area contributed by atoms with Gasteiger partial charge in [-0.1, -0.05) is 57.2 Å². The number of benzene rings is 2. The Morgan fingerprint density at radius 3 is 2.12 bits per heavy atom. The lowest BCUT2D eigenvalue weighted by atomic mass is 9.78. The molecule has 3 fully saturated rings. The second-order valence-corrected chi connectivity index (χ2v) is 17.1. The number of Topliss-reactive ketones (excluding diaryl/α,β-unsaturated/α-hetero) is 1. The van der Waals surface area contributed by atoms with E-state index < -0.39 is 95.6 Å². The maximum atomic E-state index is 14.6. The molecule has 2 aromatic carbocycles. The highest BCUT2D eigenvalue weighted by molar-refractivity contribution is 6.00. The molecule has 0 saturated carbocycles. The quantitative estimate of drug-likeness (QED) is 0.187. The second kappa shape index (κ2) is 20.0. The molecule has 330 valence electrons. The Morgan fingerprint density at radius 2 is 1.53 bits per heavy atom. The van der Waals surface area contributed by atoms with Gasteiger partial charge < -0.3 is 48.7 Å². The van der Waals surface area contributed by atoms with Crippen molar-refractivity contribution in [1.82, 2.24) is 15.5 Å². The zero-order valence-corrected chi connectivity index (χ0v) is 36.5. The Bertz CT molecular complexity index is 1800. The molecule has 15 nitrogen and oxygen atoms in total. The molecular weight excluding hydrogens is 775 g/mol. The number of ether oxygens (including phenoxy) is 7. The molecular formula is C45H63N3O12. The molecule has 5 unspecified atom stereocenters. The molecule has 2 aromatic rings. The molecule has 0 aromatic heterocycles. The number of fused-ring (bicyclic) bond motifs is 1. The van der Waals surface area contributed by atoms with Crippen LogP contribution in [0.1, 0.15) is 88.4 Å². The Balaban J connectivity index is 1.53. The molecule has 0 aliphatic carbocycles. The van der Waals surface area contributed by atoms with Gasteiger partial charge in [-0.25, -0.2) is 14.4 Å². The van der Waals surface area contributed by atoms with Gasteiger partial charge in [0.05, 0.1) is 41.0 Å². The molecule has 0 bridgehead atoms. The number of rotatable bonds is 10. The van der Waals surface area contributed by atoms with Crippen LogP contribution in [-0.4, -0.2) is 129 Å². The fourth-order valence-electron chi connectivity index (χ4n) is 8.83. The lowest BCUT2D eigenvalue weighted by Crippen LogP contribution is -2.61. The molecule has 13 atom stereocenters. The number of nitrogens with one attached hydrogen (secondary N) is 2. The van der Waals surface area contributed by atoms with Crippen LogP contribution < -0.4 is 10.6 Å². The molecule has 0 radical (unpaired) electrons. The van der Waals surface area contributed by atoms with Crippen molar-refractivity contribution in [3.8, 4) is 0 Å². The summed E-state index contributed by atoms with van der Waals surface area (Å²) in [5.74, 6) is -4.74. The van der Waals surface area contributed by atoms with Crippen molar-refractivity contribution in [2.75, 3.05) is 34.4 Å². The number of methoxy groups -OCH3 is 1. The summed E-state index contributed by atoms with van der Waals surface area (Å²) in [6.45, 7) is 12.9. The molecule has 2 N–H and O–H groups in total. The monoisotopic (exact) mass is 837 g/mol.